The van der Waals surface area contributed by atoms with Crippen molar-refractivity contribution in [2.45, 2.75) is 123 Å². The van der Waals surface area contributed by atoms with Crippen LogP contribution in [-0.4, -0.2) is 49.2 Å². The van der Waals surface area contributed by atoms with Crippen LogP contribution in [0.4, 0.5) is 5.69 Å². The van der Waals surface area contributed by atoms with E-state index in [0.29, 0.717) is 38.1 Å². The fourth-order valence-electron chi connectivity index (χ4n) is 11.1. The van der Waals surface area contributed by atoms with Gasteiger partial charge in [0.1, 0.15) is 6.29 Å². The second kappa shape index (κ2) is 23.9. The van der Waals surface area contributed by atoms with Gasteiger partial charge in [0.15, 0.2) is 0 Å². The summed E-state index contributed by atoms with van der Waals surface area (Å²) in [7, 11) is -5.57. The van der Waals surface area contributed by atoms with Crippen molar-refractivity contribution in [2.75, 3.05) is 31.2 Å². The zero-order valence-electron chi connectivity index (χ0n) is 45.9. The molecule has 7 heteroatoms. The van der Waals surface area contributed by atoms with Gasteiger partial charge < -0.3 is 13.8 Å². The van der Waals surface area contributed by atoms with Gasteiger partial charge in [0.2, 0.25) is 0 Å². The average molecular weight is 1020 g/mol. The molecule has 0 aliphatic heterocycles. The molecular formula is C66H81NO3SSi2. The molecule has 382 valence electrons. The predicted molar refractivity (Wildman–Crippen MR) is 320 cm³/mol. The first-order valence-electron chi connectivity index (χ1n) is 26.5. The Kier molecular flexibility index (Phi) is 18.2. The van der Waals surface area contributed by atoms with E-state index in [4.69, 9.17) is 8.85 Å². The Balaban J connectivity index is 1.25. The predicted octanol–water partition coefficient (Wildman–Crippen LogP) is 14.9. The van der Waals surface area contributed by atoms with Crippen molar-refractivity contribution in [2.24, 2.45) is 5.41 Å². The summed E-state index contributed by atoms with van der Waals surface area (Å²) in [5.74, 6) is 0.754. The lowest BCUT2D eigenvalue weighted by atomic mass is 9.75. The molecular weight excluding hydrogens is 943 g/mol. The molecule has 0 radical (unpaired) electrons. The van der Waals surface area contributed by atoms with Crippen LogP contribution in [0, 0.1) is 5.41 Å². The van der Waals surface area contributed by atoms with Crippen molar-refractivity contribution in [1.29, 1.82) is 0 Å². The molecule has 0 aromatic heterocycles. The number of hydrogen-bond donors (Lipinski definition) is 0. The topological polar surface area (TPSA) is 38.8 Å². The molecule has 0 bridgehead atoms. The van der Waals surface area contributed by atoms with E-state index in [1.807, 2.05) is 17.8 Å². The normalized spacial score (nSPS) is 15.2. The van der Waals surface area contributed by atoms with Crippen molar-refractivity contribution in [3.8, 4) is 0 Å². The van der Waals surface area contributed by atoms with Crippen LogP contribution >= 0.6 is 11.8 Å². The van der Waals surface area contributed by atoms with Crippen molar-refractivity contribution < 1.29 is 13.6 Å². The fourth-order valence-corrected chi connectivity index (χ4v) is 21.8. The van der Waals surface area contributed by atoms with E-state index in [2.05, 4.69) is 264 Å². The minimum absolute atomic E-state index is 0.00837. The van der Waals surface area contributed by atoms with E-state index in [1.54, 1.807) is 0 Å². The van der Waals surface area contributed by atoms with E-state index < -0.39 is 16.6 Å². The maximum absolute atomic E-state index is 12.2. The number of aldehydes is 1. The van der Waals surface area contributed by atoms with Crippen LogP contribution in [0.25, 0.3) is 6.08 Å². The van der Waals surface area contributed by atoms with Gasteiger partial charge in [-0.2, -0.15) is 0 Å². The van der Waals surface area contributed by atoms with E-state index in [1.165, 1.54) is 47.2 Å². The first-order chi connectivity index (χ1) is 34.8. The number of anilines is 1. The van der Waals surface area contributed by atoms with Crippen LogP contribution in [-0.2, 0) is 13.6 Å². The summed E-state index contributed by atoms with van der Waals surface area (Å²) in [5, 5.41) is 4.84. The first-order valence-corrected chi connectivity index (χ1v) is 31.2. The van der Waals surface area contributed by atoms with Crippen LogP contribution in [0.5, 0.6) is 0 Å². The summed E-state index contributed by atoms with van der Waals surface area (Å²) in [6, 6.07) is 59.6. The third-order valence-corrected chi connectivity index (χ3v) is 26.1. The first kappa shape index (κ1) is 55.5. The van der Waals surface area contributed by atoms with Gasteiger partial charge in [-0.15, -0.1) is 0 Å². The molecule has 0 atom stereocenters. The molecule has 6 aromatic carbocycles. The minimum atomic E-state index is -2.79. The molecule has 73 heavy (non-hydrogen) atoms. The summed E-state index contributed by atoms with van der Waals surface area (Å²) in [5.41, 5.74) is 7.38. The average Bonchev–Trinajstić information content (AvgIpc) is 3.36. The van der Waals surface area contributed by atoms with Crippen molar-refractivity contribution in [3.05, 3.63) is 209 Å². The largest absolute Gasteiger partial charge is 0.406 e. The van der Waals surface area contributed by atoms with E-state index >= 15 is 0 Å². The van der Waals surface area contributed by atoms with Gasteiger partial charge in [-0.05, 0) is 107 Å². The van der Waals surface area contributed by atoms with Crippen molar-refractivity contribution in [3.63, 3.8) is 0 Å². The SMILES string of the molecule is CC(C)c1cccc(C(C)C)c1SC1=C(/C=C/c2ccc(N(CCO[Si](c3ccccc3)(c3ccccc3)C(C)(C)C)CCO[Si](c3ccccc3)(c3ccccc3)C(C)(C)C)cc2)CC(C)(C)C/C1=C\C=O. The fraction of sp³-hybridized carbons (Fsp3) is 0.348. The number of allylic oxidation sites excluding steroid dienone is 4. The molecule has 0 spiro atoms. The number of thioether (sulfide) groups is 1. The molecule has 7 rings (SSSR count). The van der Waals surface area contributed by atoms with Gasteiger partial charge in [-0.1, -0.05) is 259 Å². The lowest BCUT2D eigenvalue weighted by Gasteiger charge is -2.44. The third kappa shape index (κ3) is 12.6. The van der Waals surface area contributed by atoms with Crippen LogP contribution in [0.3, 0.4) is 0 Å². The zero-order chi connectivity index (χ0) is 52.4. The van der Waals surface area contributed by atoms with Gasteiger partial charge in [0.05, 0.1) is 13.2 Å². The highest BCUT2D eigenvalue weighted by atomic mass is 32.2. The summed E-state index contributed by atoms with van der Waals surface area (Å²) in [4.78, 5) is 17.2. The quantitative estimate of drug-likeness (QED) is 0.0433. The molecule has 1 aliphatic rings. The van der Waals surface area contributed by atoms with Crippen LogP contribution < -0.4 is 25.6 Å². The Morgan fingerprint density at radius 1 is 0.562 bits per heavy atom. The number of nitrogens with zero attached hydrogens (tertiary/aromatic N) is 1. The molecule has 0 saturated heterocycles. The molecule has 0 N–H and O–H groups in total. The van der Waals surface area contributed by atoms with Crippen molar-refractivity contribution >= 4 is 67.2 Å². The lowest BCUT2D eigenvalue weighted by molar-refractivity contribution is -0.104. The second-order valence-corrected chi connectivity index (χ2v) is 32.9. The summed E-state index contributed by atoms with van der Waals surface area (Å²) in [6.45, 7) is 30.3. The van der Waals surface area contributed by atoms with Crippen LogP contribution in [0.15, 0.2) is 197 Å². The van der Waals surface area contributed by atoms with Gasteiger partial charge >= 0.3 is 0 Å². The van der Waals surface area contributed by atoms with E-state index in [-0.39, 0.29) is 15.5 Å². The van der Waals surface area contributed by atoms with Gasteiger partial charge in [-0.25, -0.2) is 0 Å². The monoisotopic (exact) mass is 1020 g/mol. The van der Waals surface area contributed by atoms with Crippen LogP contribution in [0.2, 0.25) is 10.1 Å². The Morgan fingerprint density at radius 2 is 0.973 bits per heavy atom. The molecule has 6 aromatic rings. The maximum Gasteiger partial charge on any atom is 0.261 e. The Morgan fingerprint density at radius 3 is 1.34 bits per heavy atom. The highest BCUT2D eigenvalue weighted by molar-refractivity contribution is 8.03. The highest BCUT2D eigenvalue weighted by Gasteiger charge is 2.51. The maximum atomic E-state index is 12.2. The van der Waals surface area contributed by atoms with E-state index in [9.17, 15) is 4.79 Å². The number of rotatable bonds is 20. The molecule has 0 heterocycles. The summed E-state index contributed by atoms with van der Waals surface area (Å²) in [6.07, 6.45) is 9.14. The van der Waals surface area contributed by atoms with Crippen molar-refractivity contribution in [1.82, 2.24) is 0 Å². The Hall–Kier alpha value is -5.29. The summed E-state index contributed by atoms with van der Waals surface area (Å²) >= 11 is 1.86. The van der Waals surface area contributed by atoms with E-state index in [0.717, 1.165) is 36.0 Å². The molecule has 1 aliphatic carbocycles. The lowest BCUT2D eigenvalue weighted by Crippen LogP contribution is -2.67. The molecule has 0 fully saturated rings. The molecule has 4 nitrogen and oxygen atoms in total. The van der Waals surface area contributed by atoms with Gasteiger partial charge in [-0.3, -0.25) is 4.79 Å². The standard InChI is InChI=1S/C66H81NO3SSi2/c1-50(2)60-34-25-35-61(51(3)4)63(60)71-62-53(48-66(11,12)49-54(62)42-45-68)39-36-52-37-40-55(41-38-52)67(43-46-69-72(64(5,6)7,56-26-17-13-18-27-56)57-28-19-14-20-29-57)44-47-70-73(65(8,9)10,58-30-21-15-22-31-58)59-32-23-16-24-33-59/h13-42,45,50-51H,43-44,46-49H2,1-12H3/b39-36+,54-42+. The number of benzene rings is 6. The molecule has 0 unspecified atom stereocenters. The Labute approximate surface area is 446 Å². The van der Waals surface area contributed by atoms with Crippen LogP contribution in [0.1, 0.15) is 124 Å². The summed E-state index contributed by atoms with van der Waals surface area (Å²) < 4.78 is 15.1. The molecule has 0 saturated carbocycles. The van der Waals surface area contributed by atoms with Gasteiger partial charge in [0.25, 0.3) is 16.6 Å². The Bertz CT molecular complexity index is 2610. The smallest absolute Gasteiger partial charge is 0.261 e. The zero-order valence-corrected chi connectivity index (χ0v) is 48.7. The van der Waals surface area contributed by atoms with Gasteiger partial charge in [0, 0.05) is 28.6 Å². The molecule has 0 amide bonds. The highest BCUT2D eigenvalue weighted by Crippen LogP contribution is 2.51. The number of hydrogen-bond acceptors (Lipinski definition) is 5. The number of carbonyl (C=O) groups is 1. The third-order valence-electron chi connectivity index (χ3n) is 14.6. The number of carbonyl (C=O) groups excluding carboxylic acids is 1. The minimum Gasteiger partial charge on any atom is -0.406 e. The second-order valence-electron chi connectivity index (χ2n) is 23.3.